The van der Waals surface area contributed by atoms with Crippen LogP contribution in [0.15, 0.2) is 41.0 Å². The molecule has 1 aliphatic heterocycles. The number of fused-ring (bicyclic) bond motifs is 1. The minimum absolute atomic E-state index is 0.223. The molecule has 4 rings (SSSR count). The van der Waals surface area contributed by atoms with Crippen LogP contribution >= 0.6 is 0 Å². The van der Waals surface area contributed by atoms with Crippen molar-refractivity contribution in [3.63, 3.8) is 0 Å². The Bertz CT molecular complexity index is 989. The van der Waals surface area contributed by atoms with E-state index >= 15 is 0 Å². The largest absolute Gasteiger partial charge is 0.459 e. The first kappa shape index (κ1) is 15.8. The number of rotatable bonds is 3. The number of benzene rings is 1. The van der Waals surface area contributed by atoms with Crippen molar-refractivity contribution < 1.29 is 13.4 Å². The van der Waals surface area contributed by atoms with E-state index in [9.17, 15) is 9.00 Å². The van der Waals surface area contributed by atoms with Crippen LogP contribution in [0, 0.1) is 13.8 Å². The van der Waals surface area contributed by atoms with E-state index in [0.717, 1.165) is 28.1 Å². The zero-order valence-electron chi connectivity index (χ0n) is 13.9. The molecule has 0 spiro atoms. The molecule has 128 valence electrons. The van der Waals surface area contributed by atoms with Crippen molar-refractivity contribution in [2.75, 3.05) is 5.32 Å². The molecule has 0 unspecified atom stereocenters. The molecule has 1 amide bonds. The summed E-state index contributed by atoms with van der Waals surface area (Å²) in [5.74, 6) is 1.25. The Labute approximate surface area is 147 Å². The Morgan fingerprint density at radius 2 is 2.12 bits per heavy atom. The van der Waals surface area contributed by atoms with E-state index in [1.807, 2.05) is 26.0 Å². The van der Waals surface area contributed by atoms with E-state index < -0.39 is 10.8 Å². The molecule has 2 aromatic heterocycles. The van der Waals surface area contributed by atoms with Gasteiger partial charge in [-0.25, -0.2) is 4.68 Å². The maximum atomic E-state index is 12.5. The van der Waals surface area contributed by atoms with Gasteiger partial charge in [0.25, 0.3) is 5.91 Å². The van der Waals surface area contributed by atoms with Crippen molar-refractivity contribution in [1.82, 2.24) is 9.78 Å². The van der Waals surface area contributed by atoms with Gasteiger partial charge < -0.3 is 9.73 Å². The summed E-state index contributed by atoms with van der Waals surface area (Å²) in [6.45, 7) is 4.04. The second-order valence-electron chi connectivity index (χ2n) is 6.14. The molecule has 7 heteroatoms. The zero-order chi connectivity index (χ0) is 17.6. The third kappa shape index (κ3) is 2.80. The van der Waals surface area contributed by atoms with Crippen LogP contribution in [-0.2, 0) is 22.3 Å². The average Bonchev–Trinajstić information content (AvgIpc) is 3.25. The molecule has 25 heavy (non-hydrogen) atoms. The van der Waals surface area contributed by atoms with Crippen molar-refractivity contribution in [1.29, 1.82) is 0 Å². The topological polar surface area (TPSA) is 77.1 Å². The summed E-state index contributed by atoms with van der Waals surface area (Å²) >= 11 is 0. The predicted octanol–water partition coefficient (Wildman–Crippen LogP) is 3.10. The lowest BCUT2D eigenvalue weighted by Crippen LogP contribution is -2.16. The number of anilines is 1. The fraction of sp³-hybridized carbons (Fsp3) is 0.222. The summed E-state index contributed by atoms with van der Waals surface area (Å²) in [6.07, 6.45) is 1.45. The molecule has 0 fully saturated rings. The lowest BCUT2D eigenvalue weighted by molar-refractivity contribution is 0.0996. The van der Waals surface area contributed by atoms with Gasteiger partial charge in [-0.15, -0.1) is 0 Å². The van der Waals surface area contributed by atoms with Crippen LogP contribution in [0.2, 0.25) is 0 Å². The Balaban J connectivity index is 1.81. The maximum Gasteiger partial charge on any atom is 0.292 e. The molecule has 0 bridgehead atoms. The molecular weight excluding hydrogens is 338 g/mol. The van der Waals surface area contributed by atoms with Gasteiger partial charge in [0.2, 0.25) is 0 Å². The predicted molar refractivity (Wildman–Crippen MR) is 95.2 cm³/mol. The first-order chi connectivity index (χ1) is 12.0. The maximum absolute atomic E-state index is 12.5. The van der Waals surface area contributed by atoms with E-state index in [-0.39, 0.29) is 11.7 Å². The number of furan rings is 1. The zero-order valence-corrected chi connectivity index (χ0v) is 14.7. The number of nitrogens with zero attached hydrogens (tertiary/aromatic N) is 2. The van der Waals surface area contributed by atoms with Gasteiger partial charge in [-0.05, 0) is 37.6 Å². The number of aryl methyl sites for hydroxylation is 2. The van der Waals surface area contributed by atoms with Crippen LogP contribution in [0.25, 0.3) is 5.69 Å². The summed E-state index contributed by atoms with van der Waals surface area (Å²) in [5.41, 5.74) is 4.70. The Kier molecular flexibility index (Phi) is 3.80. The molecule has 1 aliphatic rings. The fourth-order valence-corrected chi connectivity index (χ4v) is 4.31. The van der Waals surface area contributed by atoms with Gasteiger partial charge in [-0.3, -0.25) is 9.00 Å². The second kappa shape index (κ2) is 6.00. The van der Waals surface area contributed by atoms with Gasteiger partial charge in [-0.2, -0.15) is 5.10 Å². The number of nitrogens with one attached hydrogen (secondary N) is 1. The Hall–Kier alpha value is -2.67. The van der Waals surface area contributed by atoms with Gasteiger partial charge in [0, 0.05) is 16.4 Å². The molecule has 0 aliphatic carbocycles. The first-order valence-corrected chi connectivity index (χ1v) is 9.40. The Morgan fingerprint density at radius 1 is 1.28 bits per heavy atom. The summed E-state index contributed by atoms with van der Waals surface area (Å²) < 4.78 is 18.8. The van der Waals surface area contributed by atoms with Gasteiger partial charge in [0.1, 0.15) is 5.82 Å². The highest BCUT2D eigenvalue weighted by atomic mass is 32.2. The van der Waals surface area contributed by atoms with Crippen LogP contribution in [-0.4, -0.2) is 19.9 Å². The van der Waals surface area contributed by atoms with Crippen LogP contribution in [0.4, 0.5) is 5.82 Å². The van der Waals surface area contributed by atoms with E-state index in [1.54, 1.807) is 16.8 Å². The van der Waals surface area contributed by atoms with Crippen molar-refractivity contribution in [2.24, 2.45) is 0 Å². The number of hydrogen-bond acceptors (Lipinski definition) is 4. The monoisotopic (exact) mass is 355 g/mol. The van der Waals surface area contributed by atoms with Crippen LogP contribution in [0.5, 0.6) is 0 Å². The molecule has 1 atom stereocenters. The minimum Gasteiger partial charge on any atom is -0.459 e. The fourth-order valence-electron chi connectivity index (χ4n) is 3.05. The molecule has 0 saturated heterocycles. The Morgan fingerprint density at radius 3 is 2.84 bits per heavy atom. The van der Waals surface area contributed by atoms with E-state index in [4.69, 9.17) is 4.42 Å². The summed E-state index contributed by atoms with van der Waals surface area (Å²) in [5, 5.41) is 7.50. The van der Waals surface area contributed by atoms with Crippen molar-refractivity contribution in [3.8, 4) is 5.69 Å². The third-order valence-electron chi connectivity index (χ3n) is 4.23. The number of carbonyl (C=O) groups is 1. The molecule has 3 aromatic rings. The molecular formula is C18H17N3O3S. The van der Waals surface area contributed by atoms with E-state index in [0.29, 0.717) is 17.3 Å². The van der Waals surface area contributed by atoms with Gasteiger partial charge >= 0.3 is 0 Å². The molecule has 6 nitrogen and oxygen atoms in total. The SMILES string of the molecule is Cc1ccc(-n2nc3c(c2NC(=O)c2ccco2)C[S@@](=O)C3)c(C)c1. The van der Waals surface area contributed by atoms with Gasteiger partial charge in [0.05, 0.1) is 29.2 Å². The van der Waals surface area contributed by atoms with E-state index in [2.05, 4.69) is 16.5 Å². The minimum atomic E-state index is -0.974. The molecule has 3 heterocycles. The highest BCUT2D eigenvalue weighted by molar-refractivity contribution is 7.83. The molecule has 0 saturated carbocycles. The van der Waals surface area contributed by atoms with Crippen LogP contribution in [0.1, 0.15) is 32.9 Å². The van der Waals surface area contributed by atoms with Crippen molar-refractivity contribution in [3.05, 3.63) is 64.7 Å². The number of amides is 1. The van der Waals surface area contributed by atoms with Crippen molar-refractivity contribution in [2.45, 2.75) is 25.4 Å². The normalized spacial score (nSPS) is 16.0. The number of hydrogen-bond donors (Lipinski definition) is 1. The number of aromatic nitrogens is 2. The smallest absolute Gasteiger partial charge is 0.292 e. The van der Waals surface area contributed by atoms with Crippen LogP contribution in [0.3, 0.4) is 0 Å². The lowest BCUT2D eigenvalue weighted by Gasteiger charge is -2.13. The summed E-state index contributed by atoms with van der Waals surface area (Å²) in [6, 6.07) is 9.32. The quantitative estimate of drug-likeness (QED) is 0.783. The molecule has 1 N–H and O–H groups in total. The van der Waals surface area contributed by atoms with Crippen molar-refractivity contribution >= 4 is 22.5 Å². The van der Waals surface area contributed by atoms with Gasteiger partial charge in [0.15, 0.2) is 5.76 Å². The van der Waals surface area contributed by atoms with Gasteiger partial charge in [-0.1, -0.05) is 17.7 Å². The third-order valence-corrected chi connectivity index (χ3v) is 5.43. The molecule has 0 radical (unpaired) electrons. The second-order valence-corrected chi connectivity index (χ2v) is 7.59. The molecule has 1 aromatic carbocycles. The van der Waals surface area contributed by atoms with E-state index in [1.165, 1.54) is 6.26 Å². The lowest BCUT2D eigenvalue weighted by atomic mass is 10.1. The highest BCUT2D eigenvalue weighted by Gasteiger charge is 2.29. The standard InChI is InChI=1S/C18H17N3O3S/c1-11-5-6-15(12(2)8-11)21-17(13-9-25(23)10-14(13)20-21)19-18(22)16-4-3-7-24-16/h3-8H,9-10H2,1-2H3,(H,19,22)/t25-/m1/s1. The first-order valence-electron chi connectivity index (χ1n) is 7.91. The highest BCUT2D eigenvalue weighted by Crippen LogP contribution is 2.32. The summed E-state index contributed by atoms with van der Waals surface area (Å²) in [7, 11) is -0.974. The average molecular weight is 355 g/mol. The van der Waals surface area contributed by atoms with Crippen LogP contribution < -0.4 is 5.32 Å². The number of carbonyl (C=O) groups excluding carboxylic acids is 1. The summed E-state index contributed by atoms with van der Waals surface area (Å²) in [4.78, 5) is 12.5.